The van der Waals surface area contributed by atoms with E-state index in [1.807, 2.05) is 0 Å². The fourth-order valence-electron chi connectivity index (χ4n) is 1.03. The fraction of sp³-hybridized carbons (Fsp3) is 0.556. The van der Waals surface area contributed by atoms with E-state index in [0.717, 1.165) is 0 Å². The Morgan fingerprint density at radius 1 is 1.44 bits per heavy atom. The van der Waals surface area contributed by atoms with E-state index in [-0.39, 0.29) is 6.54 Å². The van der Waals surface area contributed by atoms with Gasteiger partial charge < -0.3 is 10.4 Å². The van der Waals surface area contributed by atoms with Crippen molar-refractivity contribution in [2.45, 2.75) is 18.5 Å². The molecule has 0 saturated carbocycles. The van der Waals surface area contributed by atoms with Crippen LogP contribution in [-0.4, -0.2) is 30.5 Å². The quantitative estimate of drug-likeness (QED) is 0.766. The standard InChI is InChI=1S/C9H11F4NOS/c10-8(11)9(12,13)5-14-4-6(15)7-2-1-3-16-7/h1-3,6,8,14-15H,4-5H2. The average molecular weight is 257 g/mol. The number of hydrogen-bond donors (Lipinski definition) is 2. The van der Waals surface area contributed by atoms with Crippen molar-refractivity contribution in [3.63, 3.8) is 0 Å². The SMILES string of the molecule is OC(CNCC(F)(F)C(F)F)c1cccs1. The number of nitrogens with one attached hydrogen (secondary N) is 1. The van der Waals surface area contributed by atoms with Crippen molar-refractivity contribution < 1.29 is 22.7 Å². The van der Waals surface area contributed by atoms with Gasteiger partial charge in [0.25, 0.3) is 0 Å². The zero-order chi connectivity index (χ0) is 12.2. The molecule has 1 aromatic heterocycles. The Morgan fingerprint density at radius 2 is 2.12 bits per heavy atom. The molecular formula is C9H11F4NOS. The normalized spacial score (nSPS) is 14.4. The Morgan fingerprint density at radius 3 is 2.62 bits per heavy atom. The summed E-state index contributed by atoms with van der Waals surface area (Å²) in [6.45, 7) is -1.32. The van der Waals surface area contributed by atoms with Crippen LogP contribution in [-0.2, 0) is 0 Å². The van der Waals surface area contributed by atoms with E-state index in [1.165, 1.54) is 11.3 Å². The Labute approximate surface area is 93.9 Å². The van der Waals surface area contributed by atoms with Gasteiger partial charge in [-0.05, 0) is 11.4 Å². The fourth-order valence-corrected chi connectivity index (χ4v) is 1.75. The van der Waals surface area contributed by atoms with Gasteiger partial charge in [-0.25, -0.2) is 8.78 Å². The molecule has 0 aliphatic heterocycles. The highest BCUT2D eigenvalue weighted by atomic mass is 32.1. The molecule has 1 aromatic rings. The molecule has 7 heteroatoms. The van der Waals surface area contributed by atoms with Crippen LogP contribution in [0.1, 0.15) is 11.0 Å². The first-order chi connectivity index (χ1) is 7.43. The first kappa shape index (κ1) is 13.4. The summed E-state index contributed by atoms with van der Waals surface area (Å²) in [6.07, 6.45) is -4.65. The molecule has 16 heavy (non-hydrogen) atoms. The van der Waals surface area contributed by atoms with Gasteiger partial charge in [-0.15, -0.1) is 11.3 Å². The smallest absolute Gasteiger partial charge is 0.319 e. The van der Waals surface area contributed by atoms with Crippen molar-refractivity contribution in [2.24, 2.45) is 0 Å². The molecule has 1 rings (SSSR count). The minimum Gasteiger partial charge on any atom is -0.386 e. The van der Waals surface area contributed by atoms with Crippen molar-refractivity contribution >= 4 is 11.3 Å². The second kappa shape index (κ2) is 5.60. The van der Waals surface area contributed by atoms with Crippen LogP contribution < -0.4 is 5.32 Å². The van der Waals surface area contributed by atoms with Crippen LogP contribution in [0.25, 0.3) is 0 Å². The van der Waals surface area contributed by atoms with Gasteiger partial charge >= 0.3 is 12.3 Å². The summed E-state index contributed by atoms with van der Waals surface area (Å²) in [5.74, 6) is -4.06. The van der Waals surface area contributed by atoms with E-state index in [9.17, 15) is 22.7 Å². The summed E-state index contributed by atoms with van der Waals surface area (Å²) in [4.78, 5) is 0.605. The van der Waals surface area contributed by atoms with Crippen molar-refractivity contribution in [1.82, 2.24) is 5.32 Å². The van der Waals surface area contributed by atoms with Crippen LogP contribution in [0.5, 0.6) is 0 Å². The van der Waals surface area contributed by atoms with Gasteiger partial charge in [-0.1, -0.05) is 6.07 Å². The lowest BCUT2D eigenvalue weighted by molar-refractivity contribution is -0.125. The number of aliphatic hydroxyl groups excluding tert-OH is 1. The number of hydrogen-bond acceptors (Lipinski definition) is 3. The van der Waals surface area contributed by atoms with Crippen molar-refractivity contribution in [1.29, 1.82) is 0 Å². The maximum Gasteiger partial charge on any atom is 0.319 e. The Balaban J connectivity index is 2.31. The van der Waals surface area contributed by atoms with E-state index in [4.69, 9.17) is 0 Å². The van der Waals surface area contributed by atoms with Gasteiger partial charge in [0.15, 0.2) is 0 Å². The number of rotatable bonds is 6. The predicted octanol–water partition coefficient (Wildman–Crippen LogP) is 2.27. The largest absolute Gasteiger partial charge is 0.386 e. The molecule has 1 unspecified atom stereocenters. The van der Waals surface area contributed by atoms with E-state index in [0.29, 0.717) is 4.88 Å². The molecule has 0 aromatic carbocycles. The highest BCUT2D eigenvalue weighted by Crippen LogP contribution is 2.22. The Hall–Kier alpha value is -0.660. The van der Waals surface area contributed by atoms with Crippen molar-refractivity contribution in [3.8, 4) is 0 Å². The first-order valence-electron chi connectivity index (χ1n) is 4.51. The summed E-state index contributed by atoms with van der Waals surface area (Å²) in [6, 6.07) is 3.35. The maximum atomic E-state index is 12.4. The van der Waals surface area contributed by atoms with Crippen LogP contribution in [0.4, 0.5) is 17.6 Å². The number of aliphatic hydroxyl groups is 1. The average Bonchev–Trinajstić information content (AvgIpc) is 2.69. The van der Waals surface area contributed by atoms with Gasteiger partial charge in [0.1, 0.15) is 6.10 Å². The summed E-state index contributed by atoms with van der Waals surface area (Å²) < 4.78 is 48.4. The molecule has 92 valence electrons. The Kier molecular flexibility index (Phi) is 4.69. The third kappa shape index (κ3) is 3.73. The van der Waals surface area contributed by atoms with Crippen LogP contribution in [0, 0.1) is 0 Å². The van der Waals surface area contributed by atoms with Gasteiger partial charge in [0, 0.05) is 11.4 Å². The van der Waals surface area contributed by atoms with Gasteiger partial charge in [-0.2, -0.15) is 8.78 Å². The zero-order valence-corrected chi connectivity index (χ0v) is 8.98. The summed E-state index contributed by atoms with van der Waals surface area (Å²) in [5.41, 5.74) is 0. The second-order valence-electron chi connectivity index (χ2n) is 3.22. The highest BCUT2D eigenvalue weighted by molar-refractivity contribution is 7.10. The van der Waals surface area contributed by atoms with Crippen LogP contribution in [0.15, 0.2) is 17.5 Å². The molecule has 0 bridgehead atoms. The molecule has 0 aliphatic carbocycles. The molecule has 0 amide bonds. The predicted molar refractivity (Wildman–Crippen MR) is 53.1 cm³/mol. The minimum absolute atomic E-state index is 0.178. The molecule has 0 saturated heterocycles. The van der Waals surface area contributed by atoms with Gasteiger partial charge in [0.2, 0.25) is 0 Å². The Bertz CT molecular complexity index is 304. The molecule has 0 spiro atoms. The molecule has 2 N–H and O–H groups in total. The molecule has 0 aliphatic rings. The van der Waals surface area contributed by atoms with Gasteiger partial charge in [-0.3, -0.25) is 0 Å². The first-order valence-corrected chi connectivity index (χ1v) is 5.39. The molecule has 0 radical (unpaired) electrons. The van der Waals surface area contributed by atoms with E-state index < -0.39 is 25.0 Å². The molecular weight excluding hydrogens is 246 g/mol. The summed E-state index contributed by atoms with van der Waals surface area (Å²) in [5, 5.41) is 13.3. The summed E-state index contributed by atoms with van der Waals surface area (Å²) in [7, 11) is 0. The molecule has 2 nitrogen and oxygen atoms in total. The monoisotopic (exact) mass is 257 g/mol. The number of alkyl halides is 4. The van der Waals surface area contributed by atoms with Crippen molar-refractivity contribution in [3.05, 3.63) is 22.4 Å². The van der Waals surface area contributed by atoms with Crippen LogP contribution >= 0.6 is 11.3 Å². The van der Waals surface area contributed by atoms with E-state index in [1.54, 1.807) is 17.5 Å². The van der Waals surface area contributed by atoms with Crippen molar-refractivity contribution in [2.75, 3.05) is 13.1 Å². The zero-order valence-electron chi connectivity index (χ0n) is 8.17. The number of thiophene rings is 1. The van der Waals surface area contributed by atoms with E-state index >= 15 is 0 Å². The van der Waals surface area contributed by atoms with E-state index in [2.05, 4.69) is 5.32 Å². The molecule has 1 heterocycles. The molecule has 1 atom stereocenters. The lowest BCUT2D eigenvalue weighted by atomic mass is 10.2. The maximum absolute atomic E-state index is 12.4. The minimum atomic E-state index is -4.06. The third-order valence-corrected chi connectivity index (χ3v) is 2.86. The molecule has 0 fully saturated rings. The van der Waals surface area contributed by atoms with Crippen LogP contribution in [0.3, 0.4) is 0 Å². The topological polar surface area (TPSA) is 32.3 Å². The lowest BCUT2D eigenvalue weighted by Crippen LogP contribution is -2.40. The van der Waals surface area contributed by atoms with Gasteiger partial charge in [0.05, 0.1) is 6.54 Å². The van der Waals surface area contributed by atoms with Crippen LogP contribution in [0.2, 0.25) is 0 Å². The number of halogens is 4. The second-order valence-corrected chi connectivity index (χ2v) is 4.20. The lowest BCUT2D eigenvalue weighted by Gasteiger charge is -2.17. The summed E-state index contributed by atoms with van der Waals surface area (Å²) >= 11 is 1.27. The third-order valence-electron chi connectivity index (χ3n) is 1.89. The highest BCUT2D eigenvalue weighted by Gasteiger charge is 2.40.